The lowest BCUT2D eigenvalue weighted by Crippen LogP contribution is -2.09. The van der Waals surface area contributed by atoms with Crippen LogP contribution in [0.25, 0.3) is 0 Å². The lowest BCUT2D eigenvalue weighted by molar-refractivity contribution is 0.0687. The highest BCUT2D eigenvalue weighted by molar-refractivity contribution is 8.13. The predicted molar refractivity (Wildman–Crippen MR) is 51.1 cm³/mol. The number of halogens is 2. The molecule has 1 N–H and O–H groups in total. The fourth-order valence-electron chi connectivity index (χ4n) is 1.18. The van der Waals surface area contributed by atoms with Gasteiger partial charge in [-0.15, -0.1) is 0 Å². The number of carbonyl (C=O) groups is 1. The molecule has 0 spiro atoms. The van der Waals surface area contributed by atoms with Crippen LogP contribution in [0, 0.1) is 12.7 Å². The first-order valence-electron chi connectivity index (χ1n) is 3.72. The van der Waals surface area contributed by atoms with Gasteiger partial charge in [0.25, 0.3) is 9.05 Å². The summed E-state index contributed by atoms with van der Waals surface area (Å²) >= 11 is 0. The average molecular weight is 253 g/mol. The molecule has 15 heavy (non-hydrogen) atoms. The molecule has 0 bridgehead atoms. The van der Waals surface area contributed by atoms with Crippen molar-refractivity contribution in [1.82, 2.24) is 0 Å². The van der Waals surface area contributed by atoms with Gasteiger partial charge in [-0.05, 0) is 18.6 Å². The number of carboxylic acids is 1. The second kappa shape index (κ2) is 3.79. The van der Waals surface area contributed by atoms with E-state index in [4.69, 9.17) is 15.8 Å². The molecule has 0 radical (unpaired) electrons. The molecule has 0 amide bonds. The summed E-state index contributed by atoms with van der Waals surface area (Å²) in [5, 5.41) is 8.67. The summed E-state index contributed by atoms with van der Waals surface area (Å²) in [4.78, 5) is 9.98. The standard InChI is InChI=1S/C8H6ClFO4S/c1-4-2-3-5(10)6(8(11)12)7(4)15(9,13)14/h2-3H,1H3,(H,11,12). The molecule has 1 rings (SSSR count). The quantitative estimate of drug-likeness (QED) is 0.814. The molecule has 0 aromatic heterocycles. The maximum atomic E-state index is 13.1. The molecule has 0 aliphatic heterocycles. The van der Waals surface area contributed by atoms with Crippen molar-refractivity contribution in [2.45, 2.75) is 11.8 Å². The highest BCUT2D eigenvalue weighted by Gasteiger charge is 2.26. The number of rotatable bonds is 2. The van der Waals surface area contributed by atoms with E-state index in [0.717, 1.165) is 12.1 Å². The molecule has 1 aromatic rings. The van der Waals surface area contributed by atoms with Crippen molar-refractivity contribution in [2.75, 3.05) is 0 Å². The minimum atomic E-state index is -4.28. The molecule has 1 aromatic carbocycles. The smallest absolute Gasteiger partial charge is 0.340 e. The van der Waals surface area contributed by atoms with E-state index in [1.165, 1.54) is 6.92 Å². The third kappa shape index (κ3) is 2.27. The van der Waals surface area contributed by atoms with Gasteiger partial charge >= 0.3 is 5.97 Å². The minimum Gasteiger partial charge on any atom is -0.478 e. The summed E-state index contributed by atoms with van der Waals surface area (Å²) in [6.07, 6.45) is 0. The van der Waals surface area contributed by atoms with E-state index in [2.05, 4.69) is 0 Å². The number of benzene rings is 1. The first kappa shape index (κ1) is 11.9. The SMILES string of the molecule is Cc1ccc(F)c(C(=O)O)c1S(=O)(=O)Cl. The average Bonchev–Trinajstić information content (AvgIpc) is 2.05. The fourth-order valence-corrected chi connectivity index (χ4v) is 2.65. The molecule has 0 fully saturated rings. The molecule has 7 heteroatoms. The van der Waals surface area contributed by atoms with Crippen molar-refractivity contribution in [2.24, 2.45) is 0 Å². The van der Waals surface area contributed by atoms with Crippen molar-refractivity contribution >= 4 is 25.7 Å². The van der Waals surface area contributed by atoms with Gasteiger partial charge in [0.2, 0.25) is 0 Å². The van der Waals surface area contributed by atoms with Crippen LogP contribution in [0.4, 0.5) is 4.39 Å². The molecule has 0 heterocycles. The molecule has 0 saturated heterocycles. The van der Waals surface area contributed by atoms with Gasteiger partial charge in [0, 0.05) is 10.7 Å². The molecule has 0 unspecified atom stereocenters. The Bertz CT molecular complexity index is 524. The maximum Gasteiger partial charge on any atom is 0.340 e. The Balaban J connectivity index is 3.76. The van der Waals surface area contributed by atoms with E-state index in [1.807, 2.05) is 0 Å². The third-order valence-electron chi connectivity index (χ3n) is 1.76. The predicted octanol–water partition coefficient (Wildman–Crippen LogP) is 1.76. The zero-order chi connectivity index (χ0) is 11.8. The van der Waals surface area contributed by atoms with Crippen molar-refractivity contribution in [3.63, 3.8) is 0 Å². The highest BCUT2D eigenvalue weighted by atomic mass is 35.7. The molecule has 4 nitrogen and oxygen atoms in total. The van der Waals surface area contributed by atoms with Crippen LogP contribution in [0.5, 0.6) is 0 Å². The first-order chi connectivity index (χ1) is 6.75. The summed E-state index contributed by atoms with van der Waals surface area (Å²) in [7, 11) is 0.747. The molecule has 82 valence electrons. The van der Waals surface area contributed by atoms with Gasteiger partial charge in [0.1, 0.15) is 16.3 Å². The number of aryl methyl sites for hydroxylation is 1. The normalized spacial score (nSPS) is 11.4. The van der Waals surface area contributed by atoms with Crippen molar-refractivity contribution < 1.29 is 22.7 Å². The lowest BCUT2D eigenvalue weighted by atomic mass is 10.1. The van der Waals surface area contributed by atoms with Gasteiger partial charge in [-0.2, -0.15) is 0 Å². The van der Waals surface area contributed by atoms with Crippen LogP contribution in [0.1, 0.15) is 15.9 Å². The van der Waals surface area contributed by atoms with Crippen LogP contribution in [0.3, 0.4) is 0 Å². The van der Waals surface area contributed by atoms with Gasteiger partial charge in [-0.3, -0.25) is 0 Å². The number of carboxylic acid groups (broad SMARTS) is 1. The van der Waals surface area contributed by atoms with E-state index < -0.39 is 31.3 Å². The molecule has 0 saturated carbocycles. The van der Waals surface area contributed by atoms with Crippen LogP contribution in [0.2, 0.25) is 0 Å². The summed E-state index contributed by atoms with van der Waals surface area (Å²) in [6, 6.07) is 2.03. The molecule has 0 atom stereocenters. The van der Waals surface area contributed by atoms with E-state index in [-0.39, 0.29) is 5.56 Å². The van der Waals surface area contributed by atoms with Gasteiger partial charge < -0.3 is 5.11 Å². The molecular formula is C8H6ClFO4S. The third-order valence-corrected chi connectivity index (χ3v) is 3.24. The van der Waals surface area contributed by atoms with Crippen molar-refractivity contribution in [3.8, 4) is 0 Å². The highest BCUT2D eigenvalue weighted by Crippen LogP contribution is 2.26. The minimum absolute atomic E-state index is 0.0869. The summed E-state index contributed by atoms with van der Waals surface area (Å²) in [5.41, 5.74) is -0.839. The first-order valence-corrected chi connectivity index (χ1v) is 6.03. The zero-order valence-electron chi connectivity index (χ0n) is 7.49. The monoisotopic (exact) mass is 252 g/mol. The van der Waals surface area contributed by atoms with Gasteiger partial charge in [-0.1, -0.05) is 6.07 Å². The van der Waals surface area contributed by atoms with E-state index in [1.54, 1.807) is 0 Å². The fraction of sp³-hybridized carbons (Fsp3) is 0.125. The largest absolute Gasteiger partial charge is 0.478 e. The zero-order valence-corrected chi connectivity index (χ0v) is 9.06. The van der Waals surface area contributed by atoms with Gasteiger partial charge in [0.15, 0.2) is 0 Å². The molecule has 0 aliphatic rings. The Morgan fingerprint density at radius 3 is 2.33 bits per heavy atom. The lowest BCUT2D eigenvalue weighted by Gasteiger charge is -2.06. The van der Waals surface area contributed by atoms with Gasteiger partial charge in [-0.25, -0.2) is 17.6 Å². The van der Waals surface area contributed by atoms with Crippen LogP contribution in [0.15, 0.2) is 17.0 Å². The second-order valence-electron chi connectivity index (χ2n) is 2.81. The van der Waals surface area contributed by atoms with Crippen molar-refractivity contribution in [3.05, 3.63) is 29.1 Å². The van der Waals surface area contributed by atoms with E-state index in [0.29, 0.717) is 0 Å². The number of aromatic carboxylic acids is 1. The Morgan fingerprint density at radius 1 is 1.47 bits per heavy atom. The van der Waals surface area contributed by atoms with Crippen LogP contribution >= 0.6 is 10.7 Å². The Morgan fingerprint density at radius 2 is 2.00 bits per heavy atom. The van der Waals surface area contributed by atoms with Crippen LogP contribution in [-0.2, 0) is 9.05 Å². The van der Waals surface area contributed by atoms with Gasteiger partial charge in [0.05, 0.1) is 0 Å². The summed E-state index contributed by atoms with van der Waals surface area (Å²) in [6.45, 7) is 1.33. The number of hydrogen-bond acceptors (Lipinski definition) is 3. The topological polar surface area (TPSA) is 71.4 Å². The second-order valence-corrected chi connectivity index (χ2v) is 5.31. The van der Waals surface area contributed by atoms with Crippen LogP contribution in [-0.4, -0.2) is 19.5 Å². The summed E-state index contributed by atoms with van der Waals surface area (Å²) in [5.74, 6) is -2.80. The summed E-state index contributed by atoms with van der Waals surface area (Å²) < 4.78 is 35.2. The maximum absolute atomic E-state index is 13.1. The van der Waals surface area contributed by atoms with E-state index in [9.17, 15) is 17.6 Å². The molecular weight excluding hydrogens is 247 g/mol. The van der Waals surface area contributed by atoms with E-state index >= 15 is 0 Å². The number of hydrogen-bond donors (Lipinski definition) is 1. The molecule has 0 aliphatic carbocycles. The van der Waals surface area contributed by atoms with Crippen molar-refractivity contribution in [1.29, 1.82) is 0 Å². The van der Waals surface area contributed by atoms with Crippen LogP contribution < -0.4 is 0 Å². The Labute approximate surface area is 89.7 Å². The Kier molecular flexibility index (Phi) is 3.01. The Hall–Kier alpha value is -1.14.